The lowest BCUT2D eigenvalue weighted by Gasteiger charge is -2.05. The van der Waals surface area contributed by atoms with Crippen LogP contribution in [0.2, 0.25) is 0 Å². The molecule has 1 N–H and O–H groups in total. The molecular weight excluding hydrogens is 280 g/mol. The number of hydrogen-bond donors (Lipinski definition) is 1. The summed E-state index contributed by atoms with van der Waals surface area (Å²) in [6.45, 7) is 0.559. The number of benzene rings is 2. The standard InChI is InChI=1S/C16H10N4S/c17-8-11-3-1-4-12(7-11)10-20-14-6-2-5-13(9-18)15(14)19-16(20)21/h1-7H,10H2,(H,19,21). The van der Waals surface area contributed by atoms with Crippen LogP contribution in [0.5, 0.6) is 0 Å². The molecule has 3 rings (SSSR count). The molecule has 0 fully saturated rings. The molecule has 0 aliphatic rings. The van der Waals surface area contributed by atoms with Gasteiger partial charge in [0.1, 0.15) is 6.07 Å². The second kappa shape index (κ2) is 5.24. The maximum absolute atomic E-state index is 9.14. The van der Waals surface area contributed by atoms with Gasteiger partial charge in [-0.25, -0.2) is 0 Å². The van der Waals surface area contributed by atoms with Crippen molar-refractivity contribution in [2.45, 2.75) is 6.54 Å². The third-order valence-electron chi connectivity index (χ3n) is 3.33. The van der Waals surface area contributed by atoms with Crippen molar-refractivity contribution in [2.75, 3.05) is 0 Å². The quantitative estimate of drug-likeness (QED) is 0.734. The number of nitrogens with one attached hydrogen (secondary N) is 1. The first-order chi connectivity index (χ1) is 10.2. The average molecular weight is 290 g/mol. The Morgan fingerprint density at radius 3 is 2.67 bits per heavy atom. The van der Waals surface area contributed by atoms with Crippen LogP contribution in [0.1, 0.15) is 16.7 Å². The SMILES string of the molecule is N#Cc1cccc(Cn2c(=S)[nH]c3c(C#N)cccc32)c1. The molecule has 0 amide bonds. The highest BCUT2D eigenvalue weighted by Gasteiger charge is 2.08. The summed E-state index contributed by atoms with van der Waals surface area (Å²) in [5, 5.41) is 18.1. The molecule has 0 aliphatic heterocycles. The van der Waals surface area contributed by atoms with E-state index in [-0.39, 0.29) is 0 Å². The number of hydrogen-bond acceptors (Lipinski definition) is 3. The van der Waals surface area contributed by atoms with Gasteiger partial charge in [-0.05, 0) is 42.0 Å². The first-order valence-electron chi connectivity index (χ1n) is 6.33. The molecule has 0 spiro atoms. The Hall–Kier alpha value is -2.89. The maximum atomic E-state index is 9.14. The molecule has 5 heteroatoms. The van der Waals surface area contributed by atoms with Crippen molar-refractivity contribution >= 4 is 23.3 Å². The number of aromatic amines is 1. The zero-order chi connectivity index (χ0) is 14.8. The number of imidazole rings is 1. The zero-order valence-electron chi connectivity index (χ0n) is 11.0. The van der Waals surface area contributed by atoms with Crippen molar-refractivity contribution in [3.63, 3.8) is 0 Å². The minimum atomic E-state index is 0.559. The van der Waals surface area contributed by atoms with Gasteiger partial charge in [0.2, 0.25) is 0 Å². The van der Waals surface area contributed by atoms with Crippen molar-refractivity contribution in [1.29, 1.82) is 10.5 Å². The van der Waals surface area contributed by atoms with Gasteiger partial charge in [0.05, 0.1) is 34.8 Å². The van der Waals surface area contributed by atoms with E-state index in [4.69, 9.17) is 22.7 Å². The molecule has 4 nitrogen and oxygen atoms in total. The Morgan fingerprint density at radius 2 is 1.90 bits per heavy atom. The van der Waals surface area contributed by atoms with E-state index >= 15 is 0 Å². The monoisotopic (exact) mass is 290 g/mol. The number of nitrogens with zero attached hydrogens (tertiary/aromatic N) is 3. The molecule has 2 aromatic carbocycles. The Morgan fingerprint density at radius 1 is 1.10 bits per heavy atom. The molecule has 100 valence electrons. The lowest BCUT2D eigenvalue weighted by molar-refractivity contribution is 0.810. The van der Waals surface area contributed by atoms with Crippen molar-refractivity contribution in [1.82, 2.24) is 9.55 Å². The number of fused-ring (bicyclic) bond motifs is 1. The molecule has 0 aliphatic carbocycles. The lowest BCUT2D eigenvalue weighted by atomic mass is 10.1. The molecule has 0 saturated carbocycles. The number of rotatable bonds is 2. The van der Waals surface area contributed by atoms with Gasteiger partial charge in [0, 0.05) is 0 Å². The van der Waals surface area contributed by atoms with Crippen molar-refractivity contribution in [2.24, 2.45) is 0 Å². The van der Waals surface area contributed by atoms with Gasteiger partial charge < -0.3 is 9.55 Å². The summed E-state index contributed by atoms with van der Waals surface area (Å²) >= 11 is 5.35. The largest absolute Gasteiger partial charge is 0.329 e. The van der Waals surface area contributed by atoms with E-state index in [1.807, 2.05) is 34.9 Å². The molecule has 0 atom stereocenters. The van der Waals surface area contributed by atoms with Gasteiger partial charge in [-0.3, -0.25) is 0 Å². The van der Waals surface area contributed by atoms with Crippen LogP contribution in [0.3, 0.4) is 0 Å². The van der Waals surface area contributed by atoms with E-state index in [1.165, 1.54) is 0 Å². The van der Waals surface area contributed by atoms with Crippen LogP contribution in [0, 0.1) is 27.4 Å². The van der Waals surface area contributed by atoms with Gasteiger partial charge in [0.25, 0.3) is 0 Å². The van der Waals surface area contributed by atoms with E-state index in [9.17, 15) is 0 Å². The summed E-state index contributed by atoms with van der Waals surface area (Å²) < 4.78 is 2.50. The van der Waals surface area contributed by atoms with Crippen LogP contribution in [0.15, 0.2) is 42.5 Å². The van der Waals surface area contributed by atoms with Crippen LogP contribution >= 0.6 is 12.2 Å². The van der Waals surface area contributed by atoms with Gasteiger partial charge in [-0.1, -0.05) is 18.2 Å². The molecule has 1 aromatic heterocycles. The normalized spacial score (nSPS) is 10.2. The van der Waals surface area contributed by atoms with Gasteiger partial charge in [-0.15, -0.1) is 0 Å². The third-order valence-corrected chi connectivity index (χ3v) is 3.65. The third kappa shape index (κ3) is 2.31. The first-order valence-corrected chi connectivity index (χ1v) is 6.74. The molecule has 0 radical (unpaired) electrons. The highest BCUT2D eigenvalue weighted by atomic mass is 32.1. The van der Waals surface area contributed by atoms with Crippen LogP contribution in [0.25, 0.3) is 11.0 Å². The number of para-hydroxylation sites is 1. The molecule has 1 heterocycles. The van der Waals surface area contributed by atoms with Gasteiger partial charge in [-0.2, -0.15) is 10.5 Å². The van der Waals surface area contributed by atoms with Crippen molar-refractivity contribution < 1.29 is 0 Å². The molecular formula is C16H10N4S. The van der Waals surface area contributed by atoms with Crippen molar-refractivity contribution in [3.8, 4) is 12.1 Å². The van der Waals surface area contributed by atoms with Gasteiger partial charge >= 0.3 is 0 Å². The smallest absolute Gasteiger partial charge is 0.178 e. The van der Waals surface area contributed by atoms with E-state index in [0.717, 1.165) is 16.6 Å². The fourth-order valence-corrected chi connectivity index (χ4v) is 2.62. The van der Waals surface area contributed by atoms with Crippen LogP contribution in [0.4, 0.5) is 0 Å². The van der Waals surface area contributed by atoms with E-state index in [1.54, 1.807) is 12.1 Å². The highest BCUT2D eigenvalue weighted by molar-refractivity contribution is 7.71. The van der Waals surface area contributed by atoms with Crippen molar-refractivity contribution in [3.05, 3.63) is 63.9 Å². The summed E-state index contributed by atoms with van der Waals surface area (Å²) in [6.07, 6.45) is 0. The Balaban J connectivity index is 2.13. The first kappa shape index (κ1) is 13.1. The predicted molar refractivity (Wildman–Crippen MR) is 82.1 cm³/mol. The highest BCUT2D eigenvalue weighted by Crippen LogP contribution is 2.19. The minimum absolute atomic E-state index is 0.559. The Labute approximate surface area is 126 Å². The molecule has 0 saturated heterocycles. The number of H-pyrrole nitrogens is 1. The van der Waals surface area contributed by atoms with Crippen LogP contribution in [-0.4, -0.2) is 9.55 Å². The molecule has 3 aromatic rings. The predicted octanol–water partition coefficient (Wildman–Crippen LogP) is 3.49. The minimum Gasteiger partial charge on any atom is -0.329 e. The molecule has 0 unspecified atom stereocenters. The van der Waals surface area contributed by atoms with E-state index in [0.29, 0.717) is 22.4 Å². The molecule has 21 heavy (non-hydrogen) atoms. The summed E-state index contributed by atoms with van der Waals surface area (Å²) in [7, 11) is 0. The fourth-order valence-electron chi connectivity index (χ4n) is 2.35. The lowest BCUT2D eigenvalue weighted by Crippen LogP contribution is -1.99. The van der Waals surface area contributed by atoms with E-state index < -0.39 is 0 Å². The summed E-state index contributed by atoms with van der Waals surface area (Å²) in [6, 6.07) is 17.2. The summed E-state index contributed by atoms with van der Waals surface area (Å²) in [5.74, 6) is 0. The van der Waals surface area contributed by atoms with E-state index in [2.05, 4.69) is 17.1 Å². The molecule has 0 bridgehead atoms. The second-order valence-corrected chi connectivity index (χ2v) is 5.03. The fraction of sp³-hybridized carbons (Fsp3) is 0.0625. The Bertz CT molecular complexity index is 966. The van der Waals surface area contributed by atoms with Gasteiger partial charge in [0.15, 0.2) is 4.77 Å². The maximum Gasteiger partial charge on any atom is 0.178 e. The average Bonchev–Trinajstić information content (AvgIpc) is 2.83. The summed E-state index contributed by atoms with van der Waals surface area (Å²) in [4.78, 5) is 3.09. The topological polar surface area (TPSA) is 68.3 Å². The zero-order valence-corrected chi connectivity index (χ0v) is 11.8. The van der Waals surface area contributed by atoms with Crippen LogP contribution in [-0.2, 0) is 6.54 Å². The number of nitriles is 2. The second-order valence-electron chi connectivity index (χ2n) is 4.64. The van der Waals surface area contributed by atoms with Crippen LogP contribution < -0.4 is 0 Å². The summed E-state index contributed by atoms with van der Waals surface area (Å²) in [5.41, 5.74) is 3.83. The number of aromatic nitrogens is 2. The Kier molecular flexibility index (Phi) is 3.27.